The van der Waals surface area contributed by atoms with Crippen LogP contribution in [0.15, 0.2) is 4.52 Å². The Kier molecular flexibility index (Phi) is 6.15. The predicted molar refractivity (Wildman–Crippen MR) is 65.5 cm³/mol. The number of nitrogens with zero attached hydrogens (tertiary/aromatic N) is 3. The Morgan fingerprint density at radius 2 is 2.12 bits per heavy atom. The average Bonchev–Trinajstić information content (AvgIpc) is 2.65. The molecule has 0 radical (unpaired) electrons. The van der Waals surface area contributed by atoms with Crippen molar-refractivity contribution in [2.24, 2.45) is 5.92 Å². The number of hydrogen-bond acceptors (Lipinski definition) is 5. The molecule has 0 bridgehead atoms. The van der Waals surface area contributed by atoms with Crippen LogP contribution in [0.1, 0.15) is 38.9 Å². The van der Waals surface area contributed by atoms with Gasteiger partial charge in [0, 0.05) is 13.0 Å². The van der Waals surface area contributed by atoms with Gasteiger partial charge in [0.15, 0.2) is 5.82 Å². The standard InChI is InChI=1S/C12H23N3O2/c1-4-5-15(6-7-16)9-11-13-12(17-14-11)8-10(2)3/h10,16H,4-9H2,1-3H3. The Morgan fingerprint density at radius 3 is 2.71 bits per heavy atom. The highest BCUT2D eigenvalue weighted by molar-refractivity contribution is 4.87. The molecule has 0 fully saturated rings. The SMILES string of the molecule is CCCN(CCO)Cc1noc(CC(C)C)n1. The third-order valence-corrected chi connectivity index (χ3v) is 2.41. The summed E-state index contributed by atoms with van der Waals surface area (Å²) in [4.78, 5) is 6.48. The molecule has 1 rings (SSSR count). The maximum absolute atomic E-state index is 8.96. The molecule has 0 amide bonds. The summed E-state index contributed by atoms with van der Waals surface area (Å²) in [5.41, 5.74) is 0. The Labute approximate surface area is 103 Å². The van der Waals surface area contributed by atoms with Gasteiger partial charge in [-0.05, 0) is 18.9 Å². The molecule has 1 aromatic rings. The molecular weight excluding hydrogens is 218 g/mol. The fraction of sp³-hybridized carbons (Fsp3) is 0.833. The molecule has 1 aromatic heterocycles. The fourth-order valence-corrected chi connectivity index (χ4v) is 1.71. The van der Waals surface area contributed by atoms with Gasteiger partial charge in [-0.25, -0.2) is 0 Å². The second kappa shape index (κ2) is 7.40. The predicted octanol–water partition coefficient (Wildman–Crippen LogP) is 1.47. The van der Waals surface area contributed by atoms with Crippen molar-refractivity contribution in [3.05, 3.63) is 11.7 Å². The van der Waals surface area contributed by atoms with Crippen molar-refractivity contribution in [3.8, 4) is 0 Å². The van der Waals surface area contributed by atoms with Crippen molar-refractivity contribution in [2.75, 3.05) is 19.7 Å². The molecule has 1 heterocycles. The second-order valence-electron chi connectivity index (χ2n) is 4.70. The molecule has 0 saturated carbocycles. The topological polar surface area (TPSA) is 62.4 Å². The van der Waals surface area contributed by atoms with E-state index in [0.717, 1.165) is 19.4 Å². The lowest BCUT2D eigenvalue weighted by molar-refractivity contribution is 0.186. The lowest BCUT2D eigenvalue weighted by atomic mass is 10.1. The number of aromatic nitrogens is 2. The number of hydrogen-bond donors (Lipinski definition) is 1. The largest absolute Gasteiger partial charge is 0.395 e. The van der Waals surface area contributed by atoms with Gasteiger partial charge in [0.2, 0.25) is 5.89 Å². The van der Waals surface area contributed by atoms with Crippen LogP contribution in [0.5, 0.6) is 0 Å². The van der Waals surface area contributed by atoms with E-state index in [0.29, 0.717) is 30.7 Å². The minimum absolute atomic E-state index is 0.163. The Balaban J connectivity index is 2.50. The third-order valence-electron chi connectivity index (χ3n) is 2.41. The van der Waals surface area contributed by atoms with Crippen molar-refractivity contribution in [1.82, 2.24) is 15.0 Å². The van der Waals surface area contributed by atoms with E-state index in [1.54, 1.807) is 0 Å². The number of rotatable bonds is 8. The van der Waals surface area contributed by atoms with Crippen LogP contribution in [0.3, 0.4) is 0 Å². The zero-order valence-corrected chi connectivity index (χ0v) is 11.0. The van der Waals surface area contributed by atoms with Crippen LogP contribution in [-0.4, -0.2) is 39.8 Å². The molecule has 5 heteroatoms. The van der Waals surface area contributed by atoms with Crippen LogP contribution >= 0.6 is 0 Å². The Hall–Kier alpha value is -0.940. The molecule has 1 N–H and O–H groups in total. The molecule has 0 aliphatic rings. The summed E-state index contributed by atoms with van der Waals surface area (Å²) in [5.74, 6) is 1.94. The zero-order chi connectivity index (χ0) is 12.7. The van der Waals surface area contributed by atoms with Crippen molar-refractivity contribution < 1.29 is 9.63 Å². The van der Waals surface area contributed by atoms with E-state index >= 15 is 0 Å². The third kappa shape index (κ3) is 5.28. The van der Waals surface area contributed by atoms with Crippen molar-refractivity contribution in [1.29, 1.82) is 0 Å². The summed E-state index contributed by atoms with van der Waals surface area (Å²) in [6.07, 6.45) is 1.87. The summed E-state index contributed by atoms with van der Waals surface area (Å²) in [7, 11) is 0. The smallest absolute Gasteiger partial charge is 0.226 e. The highest BCUT2D eigenvalue weighted by Gasteiger charge is 2.11. The van der Waals surface area contributed by atoms with Crippen LogP contribution in [0.25, 0.3) is 0 Å². The summed E-state index contributed by atoms with van der Waals surface area (Å²) in [5, 5.41) is 12.9. The quantitative estimate of drug-likeness (QED) is 0.746. The zero-order valence-electron chi connectivity index (χ0n) is 11.0. The molecule has 17 heavy (non-hydrogen) atoms. The first kappa shape index (κ1) is 14.1. The van der Waals surface area contributed by atoms with Crippen molar-refractivity contribution >= 4 is 0 Å². The first-order valence-corrected chi connectivity index (χ1v) is 6.30. The van der Waals surface area contributed by atoms with Crippen LogP contribution in [-0.2, 0) is 13.0 Å². The van der Waals surface area contributed by atoms with Gasteiger partial charge in [0.05, 0.1) is 13.2 Å². The highest BCUT2D eigenvalue weighted by atomic mass is 16.5. The lowest BCUT2D eigenvalue weighted by Gasteiger charge is -2.17. The maximum Gasteiger partial charge on any atom is 0.226 e. The van der Waals surface area contributed by atoms with E-state index in [2.05, 4.69) is 35.8 Å². The number of aliphatic hydroxyl groups is 1. The molecule has 0 atom stereocenters. The van der Waals surface area contributed by atoms with E-state index in [-0.39, 0.29) is 6.61 Å². The van der Waals surface area contributed by atoms with Gasteiger partial charge < -0.3 is 9.63 Å². The van der Waals surface area contributed by atoms with E-state index in [4.69, 9.17) is 9.63 Å². The van der Waals surface area contributed by atoms with Crippen LogP contribution in [0.2, 0.25) is 0 Å². The molecule has 98 valence electrons. The fourth-order valence-electron chi connectivity index (χ4n) is 1.71. The Bertz CT molecular complexity index is 306. The van der Waals surface area contributed by atoms with Crippen LogP contribution in [0.4, 0.5) is 0 Å². The Morgan fingerprint density at radius 1 is 1.35 bits per heavy atom. The molecule has 5 nitrogen and oxygen atoms in total. The summed E-state index contributed by atoms with van der Waals surface area (Å²) < 4.78 is 5.18. The lowest BCUT2D eigenvalue weighted by Crippen LogP contribution is -2.27. The average molecular weight is 241 g/mol. The second-order valence-corrected chi connectivity index (χ2v) is 4.70. The van der Waals surface area contributed by atoms with Crippen molar-refractivity contribution in [2.45, 2.75) is 40.2 Å². The molecule has 0 aromatic carbocycles. The van der Waals surface area contributed by atoms with Gasteiger partial charge in [-0.3, -0.25) is 4.90 Å². The maximum atomic E-state index is 8.96. The van der Waals surface area contributed by atoms with E-state index in [1.807, 2.05) is 0 Å². The van der Waals surface area contributed by atoms with Gasteiger partial charge >= 0.3 is 0 Å². The van der Waals surface area contributed by atoms with Gasteiger partial charge in [-0.2, -0.15) is 4.98 Å². The molecule has 0 aliphatic heterocycles. The highest BCUT2D eigenvalue weighted by Crippen LogP contribution is 2.07. The molecule has 0 aliphatic carbocycles. The van der Waals surface area contributed by atoms with E-state index < -0.39 is 0 Å². The molecule has 0 unspecified atom stereocenters. The molecule has 0 spiro atoms. The van der Waals surface area contributed by atoms with Crippen LogP contribution < -0.4 is 0 Å². The normalized spacial score (nSPS) is 11.6. The molecular formula is C12H23N3O2. The van der Waals surface area contributed by atoms with E-state index in [9.17, 15) is 0 Å². The minimum atomic E-state index is 0.163. The van der Waals surface area contributed by atoms with Gasteiger partial charge in [0.1, 0.15) is 0 Å². The van der Waals surface area contributed by atoms with Crippen molar-refractivity contribution in [3.63, 3.8) is 0 Å². The molecule has 0 saturated heterocycles. The monoisotopic (exact) mass is 241 g/mol. The first-order chi connectivity index (χ1) is 8.15. The van der Waals surface area contributed by atoms with Gasteiger partial charge in [-0.15, -0.1) is 0 Å². The summed E-state index contributed by atoms with van der Waals surface area (Å²) >= 11 is 0. The summed E-state index contributed by atoms with van der Waals surface area (Å²) in [6, 6.07) is 0. The minimum Gasteiger partial charge on any atom is -0.395 e. The van der Waals surface area contributed by atoms with Crippen LogP contribution in [0, 0.1) is 5.92 Å². The van der Waals surface area contributed by atoms with Gasteiger partial charge in [-0.1, -0.05) is 25.9 Å². The summed E-state index contributed by atoms with van der Waals surface area (Å²) in [6.45, 7) is 8.77. The first-order valence-electron chi connectivity index (χ1n) is 6.30. The number of aliphatic hydroxyl groups excluding tert-OH is 1. The van der Waals surface area contributed by atoms with Gasteiger partial charge in [0.25, 0.3) is 0 Å². The van der Waals surface area contributed by atoms with E-state index in [1.165, 1.54) is 0 Å².